The second kappa shape index (κ2) is 7.31. The van der Waals surface area contributed by atoms with Crippen LogP contribution in [0.5, 0.6) is 0 Å². The molecule has 0 aromatic heterocycles. The lowest BCUT2D eigenvalue weighted by Gasteiger charge is -2.41. The summed E-state index contributed by atoms with van der Waals surface area (Å²) in [5, 5.41) is 6.47. The van der Waals surface area contributed by atoms with Gasteiger partial charge in [-0.2, -0.15) is 0 Å². The summed E-state index contributed by atoms with van der Waals surface area (Å²) in [5.41, 5.74) is 0.113. The molecule has 2 rings (SSSR count). The lowest BCUT2D eigenvalue weighted by atomic mass is 9.79. The molecule has 2 N–H and O–H groups in total. The smallest absolute Gasteiger partial charge is 0.220 e. The van der Waals surface area contributed by atoms with Crippen molar-refractivity contribution in [3.05, 3.63) is 0 Å². The average molecular weight is 309 g/mol. The topological polar surface area (TPSA) is 60.0 Å². The van der Waals surface area contributed by atoms with Gasteiger partial charge in [-0.05, 0) is 33.7 Å². The van der Waals surface area contributed by atoms with E-state index >= 15 is 0 Å². The van der Waals surface area contributed by atoms with Gasteiger partial charge in [0.05, 0.1) is 0 Å². The van der Waals surface area contributed by atoms with Crippen LogP contribution in [0.25, 0.3) is 0 Å². The molecule has 1 amide bonds. The van der Waals surface area contributed by atoms with Gasteiger partial charge in [-0.1, -0.05) is 0 Å². The summed E-state index contributed by atoms with van der Waals surface area (Å²) in [6.07, 6.45) is 2.92. The Bertz CT molecular complexity index is 423. The highest BCUT2D eigenvalue weighted by Gasteiger charge is 2.42. The van der Waals surface area contributed by atoms with Crippen LogP contribution in [0.2, 0.25) is 0 Å². The molecule has 126 valence electrons. The molecule has 1 spiro atoms. The Morgan fingerprint density at radius 1 is 1.55 bits per heavy atom. The van der Waals surface area contributed by atoms with Crippen LogP contribution in [0, 0.1) is 5.41 Å². The summed E-state index contributed by atoms with van der Waals surface area (Å²) >= 11 is 0. The van der Waals surface area contributed by atoms with E-state index < -0.39 is 0 Å². The predicted octanol–water partition coefficient (Wildman–Crippen LogP) is 0.504. The molecule has 2 heterocycles. The molecule has 0 saturated carbocycles. The van der Waals surface area contributed by atoms with Crippen molar-refractivity contribution in [2.75, 3.05) is 46.8 Å². The molecule has 22 heavy (non-hydrogen) atoms. The van der Waals surface area contributed by atoms with Gasteiger partial charge >= 0.3 is 0 Å². The van der Waals surface area contributed by atoms with Crippen molar-refractivity contribution in [1.82, 2.24) is 20.4 Å². The maximum Gasteiger partial charge on any atom is 0.220 e. The second-order valence-corrected chi connectivity index (χ2v) is 7.03. The molecule has 2 aliphatic heterocycles. The van der Waals surface area contributed by atoms with Crippen LogP contribution in [-0.2, 0) is 4.79 Å². The minimum Gasteiger partial charge on any atom is -0.355 e. The number of nitrogens with one attached hydrogen (secondary N) is 2. The Kier molecular flexibility index (Phi) is 5.67. The number of likely N-dealkylation sites (tertiary alicyclic amines) is 1. The molecule has 1 atom stereocenters. The number of guanidine groups is 1. The van der Waals surface area contributed by atoms with Gasteiger partial charge in [-0.3, -0.25) is 9.79 Å². The van der Waals surface area contributed by atoms with Crippen molar-refractivity contribution in [3.63, 3.8) is 0 Å². The molecular formula is C16H31N5O. The van der Waals surface area contributed by atoms with Crippen LogP contribution >= 0.6 is 0 Å². The summed E-state index contributed by atoms with van der Waals surface area (Å²) in [7, 11) is 3.98. The van der Waals surface area contributed by atoms with Crippen LogP contribution in [-0.4, -0.2) is 74.5 Å². The maximum atomic E-state index is 11.6. The number of likely N-dealkylation sites (N-methyl/N-ethyl adjacent to an activating group) is 1. The first-order valence-electron chi connectivity index (χ1n) is 8.38. The molecule has 2 saturated heterocycles. The predicted molar refractivity (Wildman–Crippen MR) is 90.0 cm³/mol. The lowest BCUT2D eigenvalue weighted by Crippen LogP contribution is -2.52. The zero-order chi connectivity index (χ0) is 16.2. The Morgan fingerprint density at radius 3 is 2.91 bits per heavy atom. The first-order valence-corrected chi connectivity index (χ1v) is 8.38. The number of nitrogens with zero attached hydrogens (tertiary/aromatic N) is 3. The lowest BCUT2D eigenvalue weighted by molar-refractivity contribution is -0.119. The molecule has 2 fully saturated rings. The largest absolute Gasteiger partial charge is 0.355 e. The van der Waals surface area contributed by atoms with Gasteiger partial charge in [0.25, 0.3) is 0 Å². The quantitative estimate of drug-likeness (QED) is 0.587. The van der Waals surface area contributed by atoms with Crippen molar-refractivity contribution in [3.8, 4) is 0 Å². The third kappa shape index (κ3) is 4.12. The summed E-state index contributed by atoms with van der Waals surface area (Å²) in [4.78, 5) is 20.7. The van der Waals surface area contributed by atoms with E-state index in [1.807, 2.05) is 7.05 Å². The van der Waals surface area contributed by atoms with Gasteiger partial charge in [0.15, 0.2) is 5.96 Å². The monoisotopic (exact) mass is 309 g/mol. The van der Waals surface area contributed by atoms with E-state index in [1.165, 1.54) is 0 Å². The molecule has 0 aromatic rings. The van der Waals surface area contributed by atoms with Crippen LogP contribution in [0.4, 0.5) is 0 Å². The fraction of sp³-hybridized carbons (Fsp3) is 0.875. The van der Waals surface area contributed by atoms with E-state index in [4.69, 9.17) is 0 Å². The fourth-order valence-electron chi connectivity index (χ4n) is 3.36. The number of piperidine rings is 1. The van der Waals surface area contributed by atoms with Crippen molar-refractivity contribution in [1.29, 1.82) is 0 Å². The summed E-state index contributed by atoms with van der Waals surface area (Å²) in [5.74, 6) is 1.17. The van der Waals surface area contributed by atoms with Gasteiger partial charge in [0.2, 0.25) is 5.91 Å². The molecule has 6 nitrogen and oxygen atoms in total. The zero-order valence-electron chi connectivity index (χ0n) is 14.5. The van der Waals surface area contributed by atoms with Gasteiger partial charge in [-0.25, -0.2) is 0 Å². The van der Waals surface area contributed by atoms with Crippen LogP contribution in [0.15, 0.2) is 4.99 Å². The average Bonchev–Trinajstić information content (AvgIpc) is 2.83. The molecule has 0 bridgehead atoms. The molecule has 2 aliphatic rings. The van der Waals surface area contributed by atoms with E-state index in [2.05, 4.69) is 46.3 Å². The Labute approximate surface area is 134 Å². The molecule has 0 aromatic carbocycles. The normalized spacial score (nSPS) is 26.2. The van der Waals surface area contributed by atoms with Crippen LogP contribution < -0.4 is 10.6 Å². The highest BCUT2D eigenvalue weighted by atomic mass is 16.1. The van der Waals surface area contributed by atoms with E-state index in [9.17, 15) is 4.79 Å². The molecular weight excluding hydrogens is 278 g/mol. The highest BCUT2D eigenvalue weighted by Crippen LogP contribution is 2.35. The molecule has 0 aliphatic carbocycles. The van der Waals surface area contributed by atoms with Gasteiger partial charge in [0, 0.05) is 57.6 Å². The Hall–Kier alpha value is -1.30. The summed E-state index contributed by atoms with van der Waals surface area (Å²) in [6.45, 7) is 9.05. The SMILES string of the molecule is CN=C(NCCN(C)C(C)C)N1CCCC2(CNC(=O)C2)C1. The number of rotatable bonds is 4. The van der Waals surface area contributed by atoms with E-state index in [1.54, 1.807) is 0 Å². The number of hydrogen-bond donors (Lipinski definition) is 2. The Balaban J connectivity index is 1.87. The first-order chi connectivity index (χ1) is 10.5. The number of hydrogen-bond acceptors (Lipinski definition) is 3. The Morgan fingerprint density at radius 2 is 2.32 bits per heavy atom. The van der Waals surface area contributed by atoms with Crippen LogP contribution in [0.1, 0.15) is 33.1 Å². The third-order valence-electron chi connectivity index (χ3n) is 5.00. The van der Waals surface area contributed by atoms with Gasteiger partial charge in [-0.15, -0.1) is 0 Å². The number of carbonyl (C=O) groups is 1. The number of carbonyl (C=O) groups excluding carboxylic acids is 1. The molecule has 1 unspecified atom stereocenters. The van der Waals surface area contributed by atoms with E-state index in [0.717, 1.165) is 51.5 Å². The van der Waals surface area contributed by atoms with Crippen molar-refractivity contribution >= 4 is 11.9 Å². The van der Waals surface area contributed by atoms with Gasteiger partial charge < -0.3 is 20.4 Å². The summed E-state index contributed by atoms with van der Waals surface area (Å²) < 4.78 is 0. The van der Waals surface area contributed by atoms with E-state index in [-0.39, 0.29) is 11.3 Å². The minimum absolute atomic E-state index is 0.113. The molecule has 0 radical (unpaired) electrons. The van der Waals surface area contributed by atoms with Crippen LogP contribution in [0.3, 0.4) is 0 Å². The highest BCUT2D eigenvalue weighted by molar-refractivity contribution is 5.81. The third-order valence-corrected chi connectivity index (χ3v) is 5.00. The summed E-state index contributed by atoms with van der Waals surface area (Å²) in [6, 6.07) is 0.553. The van der Waals surface area contributed by atoms with Crippen molar-refractivity contribution in [2.45, 2.75) is 39.2 Å². The number of amides is 1. The standard InChI is InChI=1S/C16H31N5O/c1-13(2)20(4)9-7-18-15(17-3)21-8-5-6-16(12-21)10-14(22)19-11-16/h13H,5-12H2,1-4H3,(H,17,18)(H,19,22). The fourth-order valence-corrected chi connectivity index (χ4v) is 3.36. The van der Waals surface area contributed by atoms with Crippen molar-refractivity contribution < 1.29 is 4.79 Å². The zero-order valence-corrected chi connectivity index (χ0v) is 14.5. The van der Waals surface area contributed by atoms with Crippen molar-refractivity contribution in [2.24, 2.45) is 10.4 Å². The minimum atomic E-state index is 0.113. The maximum absolute atomic E-state index is 11.6. The second-order valence-electron chi connectivity index (χ2n) is 7.03. The molecule has 6 heteroatoms. The van der Waals surface area contributed by atoms with E-state index in [0.29, 0.717) is 12.5 Å². The van der Waals surface area contributed by atoms with Gasteiger partial charge in [0.1, 0.15) is 0 Å². The number of aliphatic imine (C=N–C) groups is 1. The first kappa shape index (κ1) is 17.1.